The molecule has 0 spiro atoms. The standard InChI is InChI=1S/C22H20O4/c1-15-8-11-19(12-9-15)22(21(24)25-3,26-16(2)23)20-13-10-17-6-4-5-7-18(17)14-20/h4-14H,1-3H3. The number of methoxy groups -OCH3 is 1. The average molecular weight is 348 g/mol. The van der Waals surface area contributed by atoms with Gasteiger partial charge < -0.3 is 9.47 Å². The van der Waals surface area contributed by atoms with Crippen LogP contribution in [0.1, 0.15) is 23.6 Å². The molecular weight excluding hydrogens is 328 g/mol. The van der Waals surface area contributed by atoms with Gasteiger partial charge in [-0.2, -0.15) is 0 Å². The first kappa shape index (κ1) is 17.7. The van der Waals surface area contributed by atoms with E-state index in [9.17, 15) is 9.59 Å². The summed E-state index contributed by atoms with van der Waals surface area (Å²) in [6, 6.07) is 20.7. The van der Waals surface area contributed by atoms with Gasteiger partial charge in [-0.1, -0.05) is 66.2 Å². The van der Waals surface area contributed by atoms with Crippen molar-refractivity contribution in [2.45, 2.75) is 19.4 Å². The number of rotatable bonds is 4. The van der Waals surface area contributed by atoms with E-state index in [0.717, 1.165) is 16.3 Å². The summed E-state index contributed by atoms with van der Waals surface area (Å²) in [7, 11) is 1.29. The van der Waals surface area contributed by atoms with Crippen molar-refractivity contribution < 1.29 is 19.1 Å². The van der Waals surface area contributed by atoms with Crippen molar-refractivity contribution >= 4 is 22.7 Å². The largest absolute Gasteiger partial charge is 0.466 e. The summed E-state index contributed by atoms with van der Waals surface area (Å²) in [5.41, 5.74) is 0.467. The molecule has 132 valence electrons. The maximum absolute atomic E-state index is 12.9. The Bertz CT molecular complexity index is 959. The van der Waals surface area contributed by atoms with E-state index in [1.54, 1.807) is 18.2 Å². The topological polar surface area (TPSA) is 52.6 Å². The Morgan fingerprint density at radius 1 is 0.846 bits per heavy atom. The predicted octanol–water partition coefficient (Wildman–Crippen LogP) is 4.13. The molecule has 0 aliphatic carbocycles. The molecule has 0 amide bonds. The lowest BCUT2D eigenvalue weighted by molar-refractivity contribution is -0.175. The highest BCUT2D eigenvalue weighted by Gasteiger charge is 2.47. The summed E-state index contributed by atoms with van der Waals surface area (Å²) in [5, 5.41) is 1.97. The van der Waals surface area contributed by atoms with Crippen molar-refractivity contribution in [1.29, 1.82) is 0 Å². The van der Waals surface area contributed by atoms with Gasteiger partial charge in [-0.05, 0) is 23.8 Å². The van der Waals surface area contributed by atoms with E-state index in [4.69, 9.17) is 9.47 Å². The van der Waals surface area contributed by atoms with E-state index >= 15 is 0 Å². The molecule has 0 radical (unpaired) electrons. The number of ether oxygens (including phenoxy) is 2. The monoisotopic (exact) mass is 348 g/mol. The van der Waals surface area contributed by atoms with Gasteiger partial charge in [0.05, 0.1) is 7.11 Å². The Balaban J connectivity index is 2.31. The van der Waals surface area contributed by atoms with E-state index in [2.05, 4.69) is 0 Å². The van der Waals surface area contributed by atoms with E-state index in [1.807, 2.05) is 55.5 Å². The smallest absolute Gasteiger partial charge is 0.359 e. The van der Waals surface area contributed by atoms with Crippen LogP contribution in [-0.2, 0) is 24.7 Å². The highest BCUT2D eigenvalue weighted by atomic mass is 16.6. The first-order valence-corrected chi connectivity index (χ1v) is 8.32. The lowest BCUT2D eigenvalue weighted by Gasteiger charge is -2.31. The van der Waals surface area contributed by atoms with Crippen molar-refractivity contribution in [3.05, 3.63) is 83.4 Å². The highest BCUT2D eigenvalue weighted by Crippen LogP contribution is 2.37. The van der Waals surface area contributed by atoms with E-state index in [0.29, 0.717) is 11.1 Å². The van der Waals surface area contributed by atoms with Gasteiger partial charge in [0.2, 0.25) is 0 Å². The molecule has 0 aliphatic rings. The average Bonchev–Trinajstić information content (AvgIpc) is 2.65. The fourth-order valence-electron chi connectivity index (χ4n) is 3.12. The maximum atomic E-state index is 12.9. The molecule has 3 rings (SSSR count). The summed E-state index contributed by atoms with van der Waals surface area (Å²) >= 11 is 0. The minimum Gasteiger partial charge on any atom is -0.466 e. The third kappa shape index (κ3) is 3.06. The number of aryl methyl sites for hydroxylation is 1. The molecule has 26 heavy (non-hydrogen) atoms. The number of hydrogen-bond donors (Lipinski definition) is 0. The van der Waals surface area contributed by atoms with Crippen LogP contribution in [0.3, 0.4) is 0 Å². The molecule has 3 aromatic carbocycles. The minimum atomic E-state index is -1.65. The van der Waals surface area contributed by atoms with Crippen LogP contribution in [0.5, 0.6) is 0 Å². The minimum absolute atomic E-state index is 0.542. The number of fused-ring (bicyclic) bond motifs is 1. The third-order valence-electron chi connectivity index (χ3n) is 4.38. The lowest BCUT2D eigenvalue weighted by atomic mass is 9.84. The van der Waals surface area contributed by atoms with Crippen LogP contribution in [0.25, 0.3) is 10.8 Å². The van der Waals surface area contributed by atoms with Gasteiger partial charge in [-0.25, -0.2) is 4.79 Å². The summed E-state index contributed by atoms with van der Waals surface area (Å²) in [4.78, 5) is 24.8. The number of benzene rings is 3. The number of hydrogen-bond acceptors (Lipinski definition) is 4. The lowest BCUT2D eigenvalue weighted by Crippen LogP contribution is -2.42. The van der Waals surface area contributed by atoms with Crippen molar-refractivity contribution in [1.82, 2.24) is 0 Å². The Morgan fingerprint density at radius 3 is 2.08 bits per heavy atom. The molecule has 0 N–H and O–H groups in total. The van der Waals surface area contributed by atoms with E-state index < -0.39 is 17.5 Å². The molecule has 3 aromatic rings. The zero-order valence-electron chi connectivity index (χ0n) is 15.0. The molecule has 0 saturated heterocycles. The molecule has 0 fully saturated rings. The zero-order valence-corrected chi connectivity index (χ0v) is 15.0. The van der Waals surface area contributed by atoms with Gasteiger partial charge in [0.25, 0.3) is 5.60 Å². The Labute approximate surface area is 152 Å². The summed E-state index contributed by atoms with van der Waals surface area (Å²) in [6.45, 7) is 3.23. The number of esters is 2. The van der Waals surface area contributed by atoms with Crippen LogP contribution >= 0.6 is 0 Å². The van der Waals surface area contributed by atoms with Crippen LogP contribution in [0.4, 0.5) is 0 Å². The van der Waals surface area contributed by atoms with Gasteiger partial charge in [-0.15, -0.1) is 0 Å². The SMILES string of the molecule is COC(=O)C(OC(C)=O)(c1ccc(C)cc1)c1ccc2ccccc2c1. The number of carbonyl (C=O) groups is 2. The fourth-order valence-corrected chi connectivity index (χ4v) is 3.12. The van der Waals surface area contributed by atoms with E-state index in [-0.39, 0.29) is 0 Å². The molecule has 4 nitrogen and oxygen atoms in total. The van der Waals surface area contributed by atoms with E-state index in [1.165, 1.54) is 14.0 Å². The third-order valence-corrected chi connectivity index (χ3v) is 4.38. The first-order valence-electron chi connectivity index (χ1n) is 8.32. The van der Waals surface area contributed by atoms with Crippen LogP contribution < -0.4 is 0 Å². The summed E-state index contributed by atoms with van der Waals surface area (Å²) < 4.78 is 10.7. The predicted molar refractivity (Wildman–Crippen MR) is 99.7 cm³/mol. The molecule has 1 atom stereocenters. The molecule has 0 aromatic heterocycles. The molecular formula is C22H20O4. The van der Waals surface area contributed by atoms with Crippen molar-refractivity contribution in [3.8, 4) is 0 Å². The van der Waals surface area contributed by atoms with Crippen LogP contribution in [0.15, 0.2) is 66.7 Å². The number of carbonyl (C=O) groups excluding carboxylic acids is 2. The van der Waals surface area contributed by atoms with Crippen molar-refractivity contribution in [2.24, 2.45) is 0 Å². The summed E-state index contributed by atoms with van der Waals surface area (Å²) in [5.74, 6) is -1.21. The van der Waals surface area contributed by atoms with Crippen LogP contribution in [0, 0.1) is 6.92 Å². The molecule has 0 heterocycles. The van der Waals surface area contributed by atoms with Crippen LogP contribution in [-0.4, -0.2) is 19.0 Å². The molecule has 0 bridgehead atoms. The molecule has 1 unspecified atom stereocenters. The zero-order chi connectivity index (χ0) is 18.7. The Hall–Kier alpha value is -3.14. The first-order chi connectivity index (χ1) is 12.5. The Kier molecular flexibility index (Phi) is 4.76. The highest BCUT2D eigenvalue weighted by molar-refractivity contribution is 5.91. The van der Waals surface area contributed by atoms with Gasteiger partial charge in [0, 0.05) is 18.1 Å². The molecule has 0 saturated carbocycles. The van der Waals surface area contributed by atoms with Crippen LogP contribution in [0.2, 0.25) is 0 Å². The van der Waals surface area contributed by atoms with Gasteiger partial charge in [0.1, 0.15) is 0 Å². The second-order valence-corrected chi connectivity index (χ2v) is 6.19. The molecule has 4 heteroatoms. The summed E-state index contributed by atoms with van der Waals surface area (Å²) in [6.07, 6.45) is 0. The quantitative estimate of drug-likeness (QED) is 0.665. The second kappa shape index (κ2) is 7.00. The molecule has 0 aliphatic heterocycles. The van der Waals surface area contributed by atoms with Gasteiger partial charge in [-0.3, -0.25) is 4.79 Å². The van der Waals surface area contributed by atoms with Crippen molar-refractivity contribution in [3.63, 3.8) is 0 Å². The second-order valence-electron chi connectivity index (χ2n) is 6.19. The normalized spacial score (nSPS) is 13.0. The fraction of sp³-hybridized carbons (Fsp3) is 0.182. The maximum Gasteiger partial charge on any atom is 0.359 e. The van der Waals surface area contributed by atoms with Crippen molar-refractivity contribution in [2.75, 3.05) is 7.11 Å². The Morgan fingerprint density at radius 2 is 1.46 bits per heavy atom. The van der Waals surface area contributed by atoms with Gasteiger partial charge >= 0.3 is 11.9 Å². The van der Waals surface area contributed by atoms with Gasteiger partial charge in [0.15, 0.2) is 0 Å².